The third kappa shape index (κ3) is 4.39. The van der Waals surface area contributed by atoms with E-state index in [9.17, 15) is 9.59 Å². The van der Waals surface area contributed by atoms with E-state index in [1.54, 1.807) is 43.2 Å². The summed E-state index contributed by atoms with van der Waals surface area (Å²) in [5, 5.41) is -0.0441. The molecule has 0 spiro atoms. The minimum Gasteiger partial charge on any atom is -0.427 e. The largest absolute Gasteiger partial charge is 0.427 e. The van der Waals surface area contributed by atoms with Crippen LogP contribution in [0.15, 0.2) is 48.8 Å². The second-order valence-electron chi connectivity index (χ2n) is 5.75. The number of hydrogen-bond donors (Lipinski definition) is 0. The molecule has 1 unspecified atom stereocenters. The first-order chi connectivity index (χ1) is 12.2. The van der Waals surface area contributed by atoms with E-state index in [0.717, 1.165) is 16.9 Å². The van der Waals surface area contributed by atoms with Gasteiger partial charge in [-0.1, -0.05) is 25.1 Å². The van der Waals surface area contributed by atoms with Crippen molar-refractivity contribution in [3.8, 4) is 5.75 Å². The summed E-state index contributed by atoms with van der Waals surface area (Å²) in [6.45, 7) is 2.30. The van der Waals surface area contributed by atoms with E-state index in [1.807, 2.05) is 29.2 Å². The van der Waals surface area contributed by atoms with Gasteiger partial charge in [0.1, 0.15) is 11.1 Å². The van der Waals surface area contributed by atoms with Crippen molar-refractivity contribution in [3.63, 3.8) is 0 Å². The summed E-state index contributed by atoms with van der Waals surface area (Å²) in [6.07, 6.45) is 4.40. The number of esters is 1. The van der Waals surface area contributed by atoms with E-state index in [2.05, 4.69) is 4.98 Å². The zero-order chi connectivity index (χ0) is 17.6. The molecule has 1 amide bonds. The molecular weight excluding hydrogens is 336 g/mol. The number of benzene rings is 1. The van der Waals surface area contributed by atoms with Gasteiger partial charge in [0.05, 0.1) is 0 Å². The Morgan fingerprint density at radius 2 is 2.12 bits per heavy atom. The van der Waals surface area contributed by atoms with Crippen molar-refractivity contribution in [2.45, 2.75) is 31.7 Å². The van der Waals surface area contributed by atoms with Gasteiger partial charge in [0.15, 0.2) is 0 Å². The molecule has 0 aliphatic carbocycles. The first kappa shape index (κ1) is 17.5. The van der Waals surface area contributed by atoms with E-state index >= 15 is 0 Å². The van der Waals surface area contributed by atoms with Gasteiger partial charge in [0.25, 0.3) is 0 Å². The van der Waals surface area contributed by atoms with Gasteiger partial charge in [-0.25, -0.2) is 0 Å². The first-order valence-corrected chi connectivity index (χ1v) is 9.33. The molecular formula is C19H20N2O3S. The molecule has 6 heteroatoms. The van der Waals surface area contributed by atoms with Crippen LogP contribution in [0.4, 0.5) is 0 Å². The second kappa shape index (κ2) is 8.16. The highest BCUT2D eigenvalue weighted by molar-refractivity contribution is 7.99. The molecule has 0 radical (unpaired) electrons. The molecule has 1 aromatic carbocycles. The Morgan fingerprint density at radius 3 is 2.80 bits per heavy atom. The predicted molar refractivity (Wildman–Crippen MR) is 97.0 cm³/mol. The van der Waals surface area contributed by atoms with Crippen molar-refractivity contribution in [3.05, 3.63) is 59.9 Å². The fourth-order valence-electron chi connectivity index (χ4n) is 2.66. The van der Waals surface area contributed by atoms with Gasteiger partial charge in [0, 0.05) is 37.5 Å². The van der Waals surface area contributed by atoms with Gasteiger partial charge < -0.3 is 9.64 Å². The zero-order valence-corrected chi connectivity index (χ0v) is 14.9. The van der Waals surface area contributed by atoms with Crippen LogP contribution < -0.4 is 4.74 Å². The van der Waals surface area contributed by atoms with E-state index in [0.29, 0.717) is 25.1 Å². The maximum absolute atomic E-state index is 12.5. The van der Waals surface area contributed by atoms with Gasteiger partial charge >= 0.3 is 5.97 Å². The molecule has 1 aliphatic heterocycles. The van der Waals surface area contributed by atoms with Crippen molar-refractivity contribution >= 4 is 23.6 Å². The molecule has 0 bridgehead atoms. The number of amides is 1. The summed E-state index contributed by atoms with van der Waals surface area (Å²) in [4.78, 5) is 29.9. The Labute approximate surface area is 151 Å². The Bertz CT molecular complexity index is 734. The highest BCUT2D eigenvalue weighted by atomic mass is 32.2. The lowest BCUT2D eigenvalue weighted by atomic mass is 10.1. The molecule has 0 saturated carbocycles. The molecule has 3 rings (SSSR count). The number of ether oxygens (including phenoxy) is 1. The molecule has 1 fully saturated rings. The average molecular weight is 356 g/mol. The van der Waals surface area contributed by atoms with Gasteiger partial charge in [-0.05, 0) is 29.3 Å². The van der Waals surface area contributed by atoms with E-state index < -0.39 is 0 Å². The maximum Gasteiger partial charge on any atom is 0.310 e. The fraction of sp³-hybridized carbons (Fsp3) is 0.316. The summed E-state index contributed by atoms with van der Waals surface area (Å²) in [5.41, 5.74) is 2.04. The lowest BCUT2D eigenvalue weighted by molar-refractivity contribution is -0.134. The molecule has 5 nitrogen and oxygen atoms in total. The van der Waals surface area contributed by atoms with Crippen LogP contribution >= 0.6 is 11.8 Å². The normalized spacial score (nSPS) is 17.4. The molecule has 0 N–H and O–H groups in total. The van der Waals surface area contributed by atoms with Crippen LogP contribution in [0.25, 0.3) is 0 Å². The number of thioether (sulfide) groups is 1. The van der Waals surface area contributed by atoms with Crippen molar-refractivity contribution in [2.75, 3.05) is 5.75 Å². The third-order valence-electron chi connectivity index (χ3n) is 3.96. The third-order valence-corrected chi connectivity index (χ3v) is 5.24. The first-order valence-electron chi connectivity index (χ1n) is 8.28. The topological polar surface area (TPSA) is 59.5 Å². The summed E-state index contributed by atoms with van der Waals surface area (Å²) >= 11 is 1.75. The van der Waals surface area contributed by atoms with Crippen LogP contribution in [-0.4, -0.2) is 27.5 Å². The zero-order valence-electron chi connectivity index (χ0n) is 14.1. The monoisotopic (exact) mass is 356 g/mol. The molecule has 1 atom stereocenters. The predicted octanol–water partition coefficient (Wildman–Crippen LogP) is 3.56. The van der Waals surface area contributed by atoms with Crippen LogP contribution in [0.2, 0.25) is 0 Å². The Kier molecular flexibility index (Phi) is 5.71. The van der Waals surface area contributed by atoms with Crippen molar-refractivity contribution in [1.29, 1.82) is 0 Å². The summed E-state index contributed by atoms with van der Waals surface area (Å²) < 4.78 is 5.21. The highest BCUT2D eigenvalue weighted by Crippen LogP contribution is 2.38. The Morgan fingerprint density at radius 1 is 1.32 bits per heavy atom. The lowest BCUT2D eigenvalue weighted by Gasteiger charge is -2.35. The number of carbonyl (C=O) groups excluding carboxylic acids is 2. The fourth-order valence-corrected chi connectivity index (χ4v) is 3.90. The van der Waals surface area contributed by atoms with Gasteiger partial charge in [0.2, 0.25) is 5.91 Å². The SMILES string of the molecule is CCC(=O)Oc1ccc(C2SCCC(=O)N2Cc2cccnc2)cc1. The minimum absolute atomic E-state index is 0.0441. The van der Waals surface area contributed by atoms with Gasteiger partial charge in [-0.2, -0.15) is 0 Å². The van der Waals surface area contributed by atoms with Crippen LogP contribution in [-0.2, 0) is 16.1 Å². The highest BCUT2D eigenvalue weighted by Gasteiger charge is 2.29. The minimum atomic E-state index is -0.256. The molecule has 1 aromatic heterocycles. The van der Waals surface area contributed by atoms with Crippen LogP contribution in [0.3, 0.4) is 0 Å². The van der Waals surface area contributed by atoms with Crippen molar-refractivity contribution in [1.82, 2.24) is 9.88 Å². The van der Waals surface area contributed by atoms with Gasteiger partial charge in [-0.3, -0.25) is 14.6 Å². The van der Waals surface area contributed by atoms with E-state index in [4.69, 9.17) is 4.74 Å². The summed E-state index contributed by atoms with van der Waals surface area (Å²) in [5.74, 6) is 1.23. The number of hydrogen-bond acceptors (Lipinski definition) is 5. The van der Waals surface area contributed by atoms with Crippen LogP contribution in [0.1, 0.15) is 36.3 Å². The standard InChI is InChI=1S/C19H20N2O3S/c1-2-18(23)24-16-7-5-15(6-8-16)19-21(17(22)9-11-25-19)13-14-4-3-10-20-12-14/h3-8,10,12,19H,2,9,11,13H2,1H3. The van der Waals surface area contributed by atoms with Crippen molar-refractivity contribution < 1.29 is 14.3 Å². The number of aromatic nitrogens is 1. The number of nitrogens with zero attached hydrogens (tertiary/aromatic N) is 2. The Balaban J connectivity index is 1.78. The van der Waals surface area contributed by atoms with Gasteiger partial charge in [-0.15, -0.1) is 11.8 Å². The number of rotatable bonds is 5. The van der Waals surface area contributed by atoms with Crippen LogP contribution in [0, 0.1) is 0 Å². The average Bonchev–Trinajstić information content (AvgIpc) is 2.65. The van der Waals surface area contributed by atoms with Crippen LogP contribution in [0.5, 0.6) is 5.75 Å². The smallest absolute Gasteiger partial charge is 0.310 e. The molecule has 1 saturated heterocycles. The molecule has 1 aliphatic rings. The van der Waals surface area contributed by atoms with E-state index in [-0.39, 0.29) is 17.3 Å². The number of pyridine rings is 1. The maximum atomic E-state index is 12.5. The Hall–Kier alpha value is -2.34. The second-order valence-corrected chi connectivity index (χ2v) is 6.94. The molecule has 2 aromatic rings. The number of carbonyl (C=O) groups is 2. The summed E-state index contributed by atoms with van der Waals surface area (Å²) in [7, 11) is 0. The molecule has 25 heavy (non-hydrogen) atoms. The summed E-state index contributed by atoms with van der Waals surface area (Å²) in [6, 6.07) is 11.3. The van der Waals surface area contributed by atoms with E-state index in [1.165, 1.54) is 0 Å². The lowest BCUT2D eigenvalue weighted by Crippen LogP contribution is -2.36. The molecule has 130 valence electrons. The molecule has 2 heterocycles. The quantitative estimate of drug-likeness (QED) is 0.605. The van der Waals surface area contributed by atoms with Crippen molar-refractivity contribution in [2.24, 2.45) is 0 Å².